The van der Waals surface area contributed by atoms with Crippen molar-refractivity contribution in [2.24, 2.45) is 0 Å². The Labute approximate surface area is 130 Å². The van der Waals surface area contributed by atoms with Crippen LogP contribution in [-0.4, -0.2) is 0 Å². The van der Waals surface area contributed by atoms with Crippen LogP contribution in [0.4, 0.5) is 0 Å². The van der Waals surface area contributed by atoms with Crippen molar-refractivity contribution < 1.29 is 19.5 Å². The van der Waals surface area contributed by atoms with Gasteiger partial charge in [-0.1, -0.05) is 0 Å². The van der Waals surface area contributed by atoms with Crippen LogP contribution in [0, 0.1) is 55.4 Å². The fraction of sp³-hybridized carbons (Fsp3) is 0.500. The molecule has 0 heterocycles. The topological polar surface area (TPSA) is 0 Å². The molecular formula is C16H40Zn-8. The molecule has 17 heavy (non-hydrogen) atoms. The second-order valence-corrected chi connectivity index (χ2v) is 0. The molecule has 0 aromatic carbocycles. The maximum absolute atomic E-state index is 3.25. The largest absolute Gasteiger partial charge is 0.346 e. The van der Waals surface area contributed by atoms with Crippen molar-refractivity contribution in [3.05, 3.63) is 55.4 Å². The van der Waals surface area contributed by atoms with E-state index in [2.05, 4.69) is 55.4 Å². The molecule has 0 saturated heterocycles. The average molecular weight is 298 g/mol. The molecule has 0 aromatic heterocycles. The van der Waals surface area contributed by atoms with Crippen LogP contribution < -0.4 is 0 Å². The molecule has 0 unspecified atom stereocenters. The Morgan fingerprint density at radius 2 is 0.235 bits per heavy atom. The van der Waals surface area contributed by atoms with E-state index in [1.165, 1.54) is 0 Å². The van der Waals surface area contributed by atoms with Crippen LogP contribution in [-0.2, 0) is 19.5 Å². The van der Waals surface area contributed by atoms with Crippen LogP contribution >= 0.6 is 0 Å². The third-order valence-corrected chi connectivity index (χ3v) is 0. The molecule has 0 aliphatic heterocycles. The summed E-state index contributed by atoms with van der Waals surface area (Å²) in [5.41, 5.74) is 0. The molecule has 1 heteroatoms. The van der Waals surface area contributed by atoms with Crippen molar-refractivity contribution in [1.29, 1.82) is 0 Å². The molecule has 0 atom stereocenters. The number of hydrogen-bond donors (Lipinski definition) is 0. The van der Waals surface area contributed by atoms with Gasteiger partial charge in [-0.25, -0.2) is 0 Å². The van der Waals surface area contributed by atoms with Crippen LogP contribution in [0.25, 0.3) is 0 Å². The molecule has 0 saturated carbocycles. The van der Waals surface area contributed by atoms with E-state index in [1.807, 2.05) is 0 Å². The molecule has 0 aliphatic rings. The molecule has 0 radical (unpaired) electrons. The van der Waals surface area contributed by atoms with Gasteiger partial charge in [0.05, 0.1) is 0 Å². The van der Waals surface area contributed by atoms with Gasteiger partial charge in [0, 0.05) is 19.5 Å². The van der Waals surface area contributed by atoms with Gasteiger partial charge in [-0.05, 0) is 0 Å². The minimum absolute atomic E-state index is 0. The summed E-state index contributed by atoms with van der Waals surface area (Å²) < 4.78 is 0. The predicted octanol–water partition coefficient (Wildman–Crippen LogP) is 6.72. The minimum Gasteiger partial charge on any atom is -0.346 e. The van der Waals surface area contributed by atoms with Gasteiger partial charge in [0.1, 0.15) is 0 Å². The molecule has 0 amide bonds. The van der Waals surface area contributed by atoms with Gasteiger partial charge < -0.3 is 55.4 Å². The van der Waals surface area contributed by atoms with Gasteiger partial charge in [0.15, 0.2) is 0 Å². The quantitative estimate of drug-likeness (QED) is 0.344. The molecule has 114 valence electrons. The Morgan fingerprint density at radius 1 is 0.235 bits per heavy atom. The molecule has 0 aromatic rings. The first-order chi connectivity index (χ1) is 8.00. The summed E-state index contributed by atoms with van der Waals surface area (Å²) in [7, 11) is 0. The summed E-state index contributed by atoms with van der Waals surface area (Å²) >= 11 is 0. The van der Waals surface area contributed by atoms with Crippen LogP contribution in [0.15, 0.2) is 0 Å². The molecular weight excluding hydrogens is 258 g/mol. The maximum Gasteiger partial charge on any atom is 0 e. The zero-order valence-corrected chi connectivity index (χ0v) is 17.3. The Morgan fingerprint density at radius 3 is 0.235 bits per heavy atom. The van der Waals surface area contributed by atoms with Crippen molar-refractivity contribution in [2.45, 2.75) is 55.4 Å². The van der Waals surface area contributed by atoms with E-state index in [-0.39, 0.29) is 19.5 Å². The molecule has 0 bridgehead atoms. The summed E-state index contributed by atoms with van der Waals surface area (Å²) in [5, 5.41) is 0. The van der Waals surface area contributed by atoms with E-state index in [0.29, 0.717) is 0 Å². The maximum atomic E-state index is 3.25. The standard InChI is InChI=1S/8C2H5.Zn/c8*1-2;/h8*1H2,2H3;/q8*-1;. The second kappa shape index (κ2) is 10400. The fourth-order valence-corrected chi connectivity index (χ4v) is 0. The van der Waals surface area contributed by atoms with Gasteiger partial charge in [0.25, 0.3) is 0 Å². The van der Waals surface area contributed by atoms with Gasteiger partial charge in [-0.2, -0.15) is 55.4 Å². The summed E-state index contributed by atoms with van der Waals surface area (Å²) in [6, 6.07) is 0. The van der Waals surface area contributed by atoms with Crippen LogP contribution in [0.5, 0.6) is 0 Å². The number of rotatable bonds is 0. The normalized spacial score (nSPS) is 2.82. The fourth-order valence-electron chi connectivity index (χ4n) is 0. The van der Waals surface area contributed by atoms with Gasteiger partial charge >= 0.3 is 0 Å². The molecule has 0 spiro atoms. The first-order valence-electron chi connectivity index (χ1n) is 5.66. The van der Waals surface area contributed by atoms with Gasteiger partial charge in [0.2, 0.25) is 0 Å². The van der Waals surface area contributed by atoms with Crippen molar-refractivity contribution in [3.8, 4) is 0 Å². The van der Waals surface area contributed by atoms with E-state index in [0.717, 1.165) is 0 Å². The monoisotopic (exact) mass is 296 g/mol. The third kappa shape index (κ3) is 9150. The first kappa shape index (κ1) is 65.5. The van der Waals surface area contributed by atoms with Crippen molar-refractivity contribution >= 4 is 0 Å². The van der Waals surface area contributed by atoms with E-state index in [9.17, 15) is 0 Å². The molecule has 0 fully saturated rings. The molecule has 0 N–H and O–H groups in total. The minimum atomic E-state index is 0. The summed E-state index contributed by atoms with van der Waals surface area (Å²) in [5.74, 6) is 0. The van der Waals surface area contributed by atoms with E-state index in [1.54, 1.807) is 55.4 Å². The summed E-state index contributed by atoms with van der Waals surface area (Å²) in [6.07, 6.45) is 0. The van der Waals surface area contributed by atoms with Crippen molar-refractivity contribution in [3.63, 3.8) is 0 Å². The predicted molar refractivity (Wildman–Crippen MR) is 88.2 cm³/mol. The first-order valence-corrected chi connectivity index (χ1v) is 5.66. The third-order valence-electron chi connectivity index (χ3n) is 0. The Hall–Kier alpha value is 0.623. The van der Waals surface area contributed by atoms with Crippen LogP contribution in [0.3, 0.4) is 0 Å². The molecule has 0 aliphatic carbocycles. The van der Waals surface area contributed by atoms with Crippen molar-refractivity contribution in [1.82, 2.24) is 0 Å². The zero-order valence-electron chi connectivity index (χ0n) is 14.4. The Kier molecular flexibility index (Phi) is 40200. The smallest absolute Gasteiger partial charge is 0 e. The Bertz CT molecular complexity index is 5.49. The molecule has 0 nitrogen and oxygen atoms in total. The van der Waals surface area contributed by atoms with Crippen LogP contribution in [0.1, 0.15) is 55.4 Å². The summed E-state index contributed by atoms with van der Waals surface area (Å²) in [4.78, 5) is 0. The Balaban J connectivity index is -0.00000000610. The van der Waals surface area contributed by atoms with E-state index >= 15 is 0 Å². The second-order valence-electron chi connectivity index (χ2n) is 0. The van der Waals surface area contributed by atoms with Crippen molar-refractivity contribution in [2.75, 3.05) is 0 Å². The van der Waals surface area contributed by atoms with E-state index < -0.39 is 0 Å². The van der Waals surface area contributed by atoms with Gasteiger partial charge in [-0.3, -0.25) is 0 Å². The SMILES string of the molecule is [CH2-]C.[CH2-]C.[CH2-]C.[CH2-]C.[CH2-]C.[CH2-]C.[CH2-]C.[CH2-]C.[Zn]. The zero-order chi connectivity index (χ0) is 16.0. The van der Waals surface area contributed by atoms with Crippen LogP contribution in [0.2, 0.25) is 0 Å². The summed E-state index contributed by atoms with van der Waals surface area (Å²) in [6.45, 7) is 40.0. The number of hydrogen-bond acceptors (Lipinski definition) is 0. The molecule has 0 rings (SSSR count). The van der Waals surface area contributed by atoms with E-state index in [4.69, 9.17) is 0 Å². The van der Waals surface area contributed by atoms with Gasteiger partial charge in [-0.15, -0.1) is 0 Å². The average Bonchev–Trinajstić information content (AvgIpc) is 2.54.